The van der Waals surface area contributed by atoms with Crippen LogP contribution >= 0.6 is 15.9 Å². The van der Waals surface area contributed by atoms with Crippen molar-refractivity contribution in [2.75, 3.05) is 13.7 Å². The lowest BCUT2D eigenvalue weighted by Gasteiger charge is -2.12. The minimum atomic E-state index is -0.328. The number of benzene rings is 1. The summed E-state index contributed by atoms with van der Waals surface area (Å²) in [6, 6.07) is 4.12. The Hall–Kier alpha value is -0.610. The van der Waals surface area contributed by atoms with Crippen LogP contribution in [0, 0.1) is 5.82 Å². The van der Waals surface area contributed by atoms with Gasteiger partial charge in [-0.1, -0.05) is 0 Å². The summed E-state index contributed by atoms with van der Waals surface area (Å²) in [5, 5.41) is 3.43. The fraction of sp³-hybridized carbons (Fsp3) is 0.500. The molecule has 88 valence electrons. The first-order chi connectivity index (χ1) is 7.70. The van der Waals surface area contributed by atoms with Crippen molar-refractivity contribution in [1.29, 1.82) is 0 Å². The summed E-state index contributed by atoms with van der Waals surface area (Å²) >= 11 is 3.21. The molecule has 0 spiro atoms. The predicted octanol–water partition coefficient (Wildman–Crippen LogP) is 2.89. The van der Waals surface area contributed by atoms with Gasteiger partial charge in [0.1, 0.15) is 0 Å². The summed E-state index contributed by atoms with van der Waals surface area (Å²) < 4.78 is 19.0. The maximum Gasteiger partial charge on any atom is 0.179 e. The number of methoxy groups -OCH3 is 1. The molecule has 0 aromatic heterocycles. The maximum absolute atomic E-state index is 13.5. The molecule has 0 saturated carbocycles. The molecule has 4 heteroatoms. The van der Waals surface area contributed by atoms with E-state index in [0.717, 1.165) is 18.5 Å². The summed E-state index contributed by atoms with van der Waals surface area (Å²) in [7, 11) is 1.49. The van der Waals surface area contributed by atoms with Crippen LogP contribution in [-0.2, 0) is 6.42 Å². The first-order valence-electron chi connectivity index (χ1n) is 5.46. The van der Waals surface area contributed by atoms with Gasteiger partial charge in [-0.05, 0) is 59.4 Å². The van der Waals surface area contributed by atoms with Gasteiger partial charge >= 0.3 is 0 Å². The van der Waals surface area contributed by atoms with E-state index in [-0.39, 0.29) is 5.82 Å². The Balaban J connectivity index is 2.17. The van der Waals surface area contributed by atoms with Crippen LogP contribution in [0.25, 0.3) is 0 Å². The van der Waals surface area contributed by atoms with Crippen LogP contribution in [-0.4, -0.2) is 19.7 Å². The van der Waals surface area contributed by atoms with E-state index in [4.69, 9.17) is 4.74 Å². The van der Waals surface area contributed by atoms with E-state index in [2.05, 4.69) is 21.2 Å². The Labute approximate surface area is 103 Å². The van der Waals surface area contributed by atoms with E-state index in [0.29, 0.717) is 16.3 Å². The summed E-state index contributed by atoms with van der Waals surface area (Å²) in [6.45, 7) is 1.09. The molecule has 0 aliphatic carbocycles. The number of halogens is 2. The number of hydrogen-bond donors (Lipinski definition) is 1. The SMILES string of the molecule is COc1cc(CC2CCCN2)cc(Br)c1F. The first-order valence-corrected chi connectivity index (χ1v) is 6.25. The molecule has 0 radical (unpaired) electrons. The highest BCUT2D eigenvalue weighted by Gasteiger charge is 2.16. The van der Waals surface area contributed by atoms with E-state index >= 15 is 0 Å². The third kappa shape index (κ3) is 2.55. The second kappa shape index (κ2) is 5.15. The number of nitrogens with one attached hydrogen (secondary N) is 1. The molecule has 0 amide bonds. The molecule has 2 rings (SSSR count). The first kappa shape index (κ1) is 11.9. The van der Waals surface area contributed by atoms with Gasteiger partial charge in [-0.25, -0.2) is 4.39 Å². The zero-order valence-corrected chi connectivity index (χ0v) is 10.8. The second-order valence-electron chi connectivity index (χ2n) is 4.09. The third-order valence-corrected chi connectivity index (χ3v) is 3.50. The van der Waals surface area contributed by atoms with Crippen LogP contribution in [0.3, 0.4) is 0 Å². The fourth-order valence-corrected chi connectivity index (χ4v) is 2.59. The molecular weight excluding hydrogens is 273 g/mol. The molecule has 1 aromatic carbocycles. The Kier molecular flexibility index (Phi) is 3.82. The quantitative estimate of drug-likeness (QED) is 0.923. The molecule has 1 atom stereocenters. The smallest absolute Gasteiger partial charge is 0.179 e. The van der Waals surface area contributed by atoms with Crippen molar-refractivity contribution in [3.8, 4) is 5.75 Å². The van der Waals surface area contributed by atoms with Crippen molar-refractivity contribution in [3.05, 3.63) is 28.0 Å². The van der Waals surface area contributed by atoms with E-state index < -0.39 is 0 Å². The predicted molar refractivity (Wildman–Crippen MR) is 65.4 cm³/mol. The van der Waals surface area contributed by atoms with Gasteiger partial charge in [-0.2, -0.15) is 0 Å². The Morgan fingerprint density at radius 1 is 1.56 bits per heavy atom. The van der Waals surface area contributed by atoms with E-state index in [1.807, 2.05) is 6.07 Å². The lowest BCUT2D eigenvalue weighted by Crippen LogP contribution is -2.23. The van der Waals surface area contributed by atoms with Gasteiger partial charge in [0, 0.05) is 6.04 Å². The zero-order chi connectivity index (χ0) is 11.5. The van der Waals surface area contributed by atoms with Crippen LogP contribution in [0.5, 0.6) is 5.75 Å². The van der Waals surface area contributed by atoms with E-state index in [9.17, 15) is 4.39 Å². The highest BCUT2D eigenvalue weighted by Crippen LogP contribution is 2.28. The Morgan fingerprint density at radius 2 is 2.38 bits per heavy atom. The minimum absolute atomic E-state index is 0.308. The van der Waals surface area contributed by atoms with Crippen molar-refractivity contribution in [1.82, 2.24) is 5.32 Å². The van der Waals surface area contributed by atoms with Crippen molar-refractivity contribution in [2.24, 2.45) is 0 Å². The van der Waals surface area contributed by atoms with Gasteiger partial charge in [0.15, 0.2) is 11.6 Å². The van der Waals surface area contributed by atoms with Gasteiger partial charge in [0.25, 0.3) is 0 Å². The Bertz CT molecular complexity index is 378. The summed E-state index contributed by atoms with van der Waals surface area (Å²) in [5.41, 5.74) is 1.10. The molecule has 2 nitrogen and oxygen atoms in total. The number of hydrogen-bond acceptors (Lipinski definition) is 2. The normalized spacial score (nSPS) is 20.1. The van der Waals surface area contributed by atoms with Crippen molar-refractivity contribution in [3.63, 3.8) is 0 Å². The summed E-state index contributed by atoms with van der Waals surface area (Å²) in [4.78, 5) is 0. The zero-order valence-electron chi connectivity index (χ0n) is 9.22. The van der Waals surface area contributed by atoms with Crippen molar-refractivity contribution >= 4 is 15.9 Å². The topological polar surface area (TPSA) is 21.3 Å². The van der Waals surface area contributed by atoms with Crippen LogP contribution < -0.4 is 10.1 Å². The van der Waals surface area contributed by atoms with Gasteiger partial charge in [-0.3, -0.25) is 0 Å². The maximum atomic E-state index is 13.5. The van der Waals surface area contributed by atoms with Gasteiger partial charge in [-0.15, -0.1) is 0 Å². The standard InChI is InChI=1S/C12H15BrFNO/c1-16-11-7-8(6-10(13)12(11)14)5-9-3-2-4-15-9/h6-7,9,15H,2-5H2,1H3. The van der Waals surface area contributed by atoms with Crippen molar-refractivity contribution in [2.45, 2.75) is 25.3 Å². The van der Waals surface area contributed by atoms with Crippen LogP contribution in [0.4, 0.5) is 4.39 Å². The molecule has 1 saturated heterocycles. The molecule has 1 fully saturated rings. The highest BCUT2D eigenvalue weighted by atomic mass is 79.9. The highest BCUT2D eigenvalue weighted by molar-refractivity contribution is 9.10. The number of ether oxygens (including phenoxy) is 1. The largest absolute Gasteiger partial charge is 0.494 e. The Morgan fingerprint density at radius 3 is 3.00 bits per heavy atom. The lowest BCUT2D eigenvalue weighted by molar-refractivity contribution is 0.384. The molecule has 0 bridgehead atoms. The number of rotatable bonds is 3. The molecular formula is C12H15BrFNO. The third-order valence-electron chi connectivity index (χ3n) is 2.92. The summed E-state index contributed by atoms with van der Waals surface area (Å²) in [5.74, 6) is -0.0204. The monoisotopic (exact) mass is 287 g/mol. The lowest BCUT2D eigenvalue weighted by atomic mass is 10.0. The van der Waals surface area contributed by atoms with E-state index in [1.165, 1.54) is 20.0 Å². The second-order valence-corrected chi connectivity index (χ2v) is 4.95. The minimum Gasteiger partial charge on any atom is -0.494 e. The average molecular weight is 288 g/mol. The molecule has 1 aliphatic heterocycles. The fourth-order valence-electron chi connectivity index (χ4n) is 2.10. The van der Waals surface area contributed by atoms with Crippen molar-refractivity contribution < 1.29 is 9.13 Å². The van der Waals surface area contributed by atoms with Gasteiger partial charge in [0.2, 0.25) is 0 Å². The van der Waals surface area contributed by atoms with Crippen LogP contribution in [0.1, 0.15) is 18.4 Å². The van der Waals surface area contributed by atoms with Gasteiger partial charge < -0.3 is 10.1 Å². The molecule has 1 N–H and O–H groups in total. The average Bonchev–Trinajstić information content (AvgIpc) is 2.76. The van der Waals surface area contributed by atoms with Crippen LogP contribution in [0.15, 0.2) is 16.6 Å². The molecule has 1 aromatic rings. The summed E-state index contributed by atoms with van der Waals surface area (Å²) in [6.07, 6.45) is 3.34. The van der Waals surface area contributed by atoms with Gasteiger partial charge in [0.05, 0.1) is 11.6 Å². The van der Waals surface area contributed by atoms with E-state index in [1.54, 1.807) is 6.07 Å². The van der Waals surface area contributed by atoms with Crippen LogP contribution in [0.2, 0.25) is 0 Å². The molecule has 1 aliphatic rings. The molecule has 16 heavy (non-hydrogen) atoms. The molecule has 1 heterocycles. The molecule has 1 unspecified atom stereocenters.